The van der Waals surface area contributed by atoms with Gasteiger partial charge in [0, 0.05) is 23.6 Å². The van der Waals surface area contributed by atoms with Gasteiger partial charge in [-0.05, 0) is 11.6 Å². The van der Waals surface area contributed by atoms with E-state index >= 15 is 0 Å². The van der Waals surface area contributed by atoms with Crippen molar-refractivity contribution in [2.75, 3.05) is 12.4 Å². The van der Waals surface area contributed by atoms with E-state index in [1.807, 2.05) is 6.07 Å². The number of Topliss-reactive ketones (excluding diaryl/α,β-unsaturated/α-hetero) is 1. The Labute approximate surface area is 149 Å². The van der Waals surface area contributed by atoms with E-state index < -0.39 is 28.5 Å². The third-order valence-electron chi connectivity index (χ3n) is 4.38. The zero-order valence-electron chi connectivity index (χ0n) is 13.5. The van der Waals surface area contributed by atoms with Gasteiger partial charge in [0.05, 0.1) is 7.11 Å². The number of esters is 1. The average molecular weight is 358 g/mol. The Hall–Kier alpha value is -2.66. The molecule has 1 aliphatic heterocycles. The third kappa shape index (κ3) is 2.91. The number of para-hydroxylation sites is 1. The van der Waals surface area contributed by atoms with Gasteiger partial charge in [-0.3, -0.25) is 9.59 Å². The van der Waals surface area contributed by atoms with Crippen LogP contribution in [0.1, 0.15) is 23.5 Å². The first kappa shape index (κ1) is 17.2. The topological polar surface area (TPSA) is 72.5 Å². The number of benzene rings is 2. The molecule has 3 rings (SSSR count). The van der Waals surface area contributed by atoms with Crippen LogP contribution in [0.3, 0.4) is 0 Å². The number of halogens is 1. The maximum atomic E-state index is 12.7. The number of anilines is 1. The summed E-state index contributed by atoms with van der Waals surface area (Å²) in [5.74, 6) is -2.81. The van der Waals surface area contributed by atoms with Crippen LogP contribution in [0.5, 0.6) is 0 Å². The van der Waals surface area contributed by atoms with Crippen LogP contribution in [-0.2, 0) is 24.0 Å². The van der Waals surface area contributed by atoms with Crippen LogP contribution >= 0.6 is 11.6 Å². The minimum absolute atomic E-state index is 0.234. The molecule has 1 heterocycles. The summed E-state index contributed by atoms with van der Waals surface area (Å²) in [5, 5.41) is 2.76. The van der Waals surface area contributed by atoms with Gasteiger partial charge in [0.25, 0.3) is 5.91 Å². The van der Waals surface area contributed by atoms with Gasteiger partial charge < -0.3 is 10.1 Å². The molecule has 0 radical (unpaired) electrons. The monoisotopic (exact) mass is 357 g/mol. The highest BCUT2D eigenvalue weighted by Crippen LogP contribution is 2.51. The molecule has 6 heteroatoms. The number of ketones is 1. The summed E-state index contributed by atoms with van der Waals surface area (Å²) in [6.07, 6.45) is -0.234. The van der Waals surface area contributed by atoms with Crippen molar-refractivity contribution in [2.24, 2.45) is 0 Å². The standard InChI is InChI=1S/C19H16ClNO4/c1-25-17(23)16(22)11-14(12-7-3-2-4-8-12)19(20)13-9-5-6-10-15(13)21-18(19)24/h2-10,14H,11H2,1H3,(H,21,24)/t14-,19+/m0/s1. The molecule has 0 saturated carbocycles. The van der Waals surface area contributed by atoms with Gasteiger partial charge in [-0.1, -0.05) is 48.5 Å². The van der Waals surface area contributed by atoms with Crippen LogP contribution in [0.15, 0.2) is 54.6 Å². The van der Waals surface area contributed by atoms with Crippen LogP contribution < -0.4 is 5.32 Å². The molecule has 1 aliphatic rings. The zero-order valence-corrected chi connectivity index (χ0v) is 14.2. The average Bonchev–Trinajstić information content (AvgIpc) is 2.91. The Morgan fingerprint density at radius 2 is 1.76 bits per heavy atom. The van der Waals surface area contributed by atoms with Crippen molar-refractivity contribution in [3.63, 3.8) is 0 Å². The first-order valence-corrected chi connectivity index (χ1v) is 8.12. The third-order valence-corrected chi connectivity index (χ3v) is 5.02. The smallest absolute Gasteiger partial charge is 0.374 e. The SMILES string of the molecule is COC(=O)C(=O)C[C@@H](c1ccccc1)[C@@]1(Cl)C(=O)Nc2ccccc21. The first-order valence-electron chi connectivity index (χ1n) is 7.74. The molecule has 0 fully saturated rings. The summed E-state index contributed by atoms with van der Waals surface area (Å²) >= 11 is 6.83. The zero-order chi connectivity index (χ0) is 18.0. The van der Waals surface area contributed by atoms with Gasteiger partial charge in [0.15, 0.2) is 4.87 Å². The molecule has 2 aromatic carbocycles. The maximum absolute atomic E-state index is 12.7. The second-order valence-corrected chi connectivity index (χ2v) is 6.39. The molecule has 1 N–H and O–H groups in total. The van der Waals surface area contributed by atoms with Gasteiger partial charge in [0.2, 0.25) is 5.78 Å². The largest absolute Gasteiger partial charge is 0.463 e. The number of carbonyl (C=O) groups excluding carboxylic acids is 3. The number of amides is 1. The lowest BCUT2D eigenvalue weighted by molar-refractivity contribution is -0.152. The lowest BCUT2D eigenvalue weighted by atomic mass is 9.78. The highest BCUT2D eigenvalue weighted by molar-refractivity contribution is 6.40. The number of ether oxygens (including phenoxy) is 1. The van der Waals surface area contributed by atoms with E-state index in [0.29, 0.717) is 16.8 Å². The van der Waals surface area contributed by atoms with Crippen molar-refractivity contribution in [2.45, 2.75) is 17.2 Å². The number of alkyl halides is 1. The normalized spacial score (nSPS) is 19.7. The Morgan fingerprint density at radius 1 is 1.12 bits per heavy atom. The molecule has 5 nitrogen and oxygen atoms in total. The number of nitrogens with one attached hydrogen (secondary N) is 1. The van der Waals surface area contributed by atoms with Crippen molar-refractivity contribution >= 4 is 34.9 Å². The molecule has 0 aromatic heterocycles. The van der Waals surface area contributed by atoms with Crippen LogP contribution in [0, 0.1) is 0 Å². The van der Waals surface area contributed by atoms with Crippen molar-refractivity contribution in [1.29, 1.82) is 0 Å². The Morgan fingerprint density at radius 3 is 2.44 bits per heavy atom. The number of carbonyl (C=O) groups is 3. The fourth-order valence-corrected chi connectivity index (χ4v) is 3.56. The van der Waals surface area contributed by atoms with Gasteiger partial charge >= 0.3 is 5.97 Å². The second-order valence-electron chi connectivity index (χ2n) is 5.79. The predicted molar refractivity (Wildman–Crippen MR) is 93.4 cm³/mol. The quantitative estimate of drug-likeness (QED) is 0.507. The lowest BCUT2D eigenvalue weighted by Crippen LogP contribution is -2.37. The minimum atomic E-state index is -1.48. The molecule has 0 spiro atoms. The van der Waals surface area contributed by atoms with E-state index in [9.17, 15) is 14.4 Å². The Kier molecular flexibility index (Phi) is 4.59. The lowest BCUT2D eigenvalue weighted by Gasteiger charge is -2.30. The molecule has 0 bridgehead atoms. The van der Waals surface area contributed by atoms with Crippen molar-refractivity contribution in [3.05, 3.63) is 65.7 Å². The van der Waals surface area contributed by atoms with Crippen molar-refractivity contribution in [1.82, 2.24) is 0 Å². The molecule has 2 aromatic rings. The van der Waals surface area contributed by atoms with Crippen LogP contribution in [0.2, 0.25) is 0 Å². The van der Waals surface area contributed by atoms with E-state index in [-0.39, 0.29) is 6.42 Å². The molecule has 25 heavy (non-hydrogen) atoms. The molecule has 0 unspecified atom stereocenters. The van der Waals surface area contributed by atoms with Gasteiger partial charge in [-0.25, -0.2) is 4.79 Å². The van der Waals surface area contributed by atoms with E-state index in [0.717, 1.165) is 7.11 Å². The number of hydrogen-bond donors (Lipinski definition) is 1. The summed E-state index contributed by atoms with van der Waals surface area (Å²) in [6.45, 7) is 0. The molecular formula is C19H16ClNO4. The minimum Gasteiger partial charge on any atom is -0.463 e. The second kappa shape index (κ2) is 6.69. The first-order chi connectivity index (χ1) is 12.0. The Balaban J connectivity index is 2.10. The summed E-state index contributed by atoms with van der Waals surface area (Å²) < 4.78 is 4.51. The Bertz CT molecular complexity index is 836. The fourth-order valence-electron chi connectivity index (χ4n) is 3.15. The van der Waals surface area contributed by atoms with Crippen molar-refractivity contribution in [3.8, 4) is 0 Å². The number of methoxy groups -OCH3 is 1. The molecule has 0 aliphatic carbocycles. The molecule has 0 saturated heterocycles. The molecule has 1 amide bonds. The van der Waals surface area contributed by atoms with Crippen LogP contribution in [-0.4, -0.2) is 24.8 Å². The van der Waals surface area contributed by atoms with Gasteiger partial charge in [-0.15, -0.1) is 11.6 Å². The van der Waals surface area contributed by atoms with Crippen LogP contribution in [0.25, 0.3) is 0 Å². The predicted octanol–water partition coefficient (Wildman–Crippen LogP) is 2.99. The highest BCUT2D eigenvalue weighted by atomic mass is 35.5. The summed E-state index contributed by atoms with van der Waals surface area (Å²) in [4.78, 5) is 35.1. The highest BCUT2D eigenvalue weighted by Gasteiger charge is 2.52. The molecule has 128 valence electrons. The number of rotatable bonds is 5. The maximum Gasteiger partial charge on any atom is 0.374 e. The summed E-state index contributed by atoms with van der Waals surface area (Å²) in [5.41, 5.74) is 1.89. The fraction of sp³-hybridized carbons (Fsp3) is 0.211. The van der Waals surface area contributed by atoms with E-state index in [1.165, 1.54) is 0 Å². The van der Waals surface area contributed by atoms with E-state index in [1.54, 1.807) is 48.5 Å². The molecule has 2 atom stereocenters. The van der Waals surface area contributed by atoms with Crippen molar-refractivity contribution < 1.29 is 19.1 Å². The van der Waals surface area contributed by atoms with Crippen LogP contribution in [0.4, 0.5) is 5.69 Å². The molecular weight excluding hydrogens is 342 g/mol. The number of fused-ring (bicyclic) bond motifs is 1. The summed E-state index contributed by atoms with van der Waals surface area (Å²) in [6, 6.07) is 16.1. The van der Waals surface area contributed by atoms with Gasteiger partial charge in [0.1, 0.15) is 0 Å². The van der Waals surface area contributed by atoms with E-state index in [4.69, 9.17) is 11.6 Å². The number of hydrogen-bond acceptors (Lipinski definition) is 4. The van der Waals surface area contributed by atoms with E-state index in [2.05, 4.69) is 10.1 Å². The summed E-state index contributed by atoms with van der Waals surface area (Å²) in [7, 11) is 1.14. The van der Waals surface area contributed by atoms with Gasteiger partial charge in [-0.2, -0.15) is 0 Å².